The summed E-state index contributed by atoms with van der Waals surface area (Å²) in [4.78, 5) is 15.1. The van der Waals surface area contributed by atoms with Gasteiger partial charge in [-0.05, 0) is 69.8 Å². The Hall–Kier alpha value is -6.79. The third-order valence-corrected chi connectivity index (χ3v) is 12.9. The van der Waals surface area contributed by atoms with Gasteiger partial charge in [-0.25, -0.2) is 15.0 Å². The molecular weight excluding hydrogens is 719 g/mol. The van der Waals surface area contributed by atoms with E-state index in [1.54, 1.807) is 11.3 Å². The van der Waals surface area contributed by atoms with Crippen molar-refractivity contribution in [3.8, 4) is 67.5 Å². The Morgan fingerprint density at radius 3 is 1.61 bits per heavy atom. The zero-order valence-corrected chi connectivity index (χ0v) is 31.7. The molecule has 8 aromatic carbocycles. The van der Waals surface area contributed by atoms with Gasteiger partial charge in [0, 0.05) is 57.0 Å². The van der Waals surface area contributed by atoms with Crippen molar-refractivity contribution in [3.05, 3.63) is 188 Å². The normalized spacial score (nSPS) is 11.6. The first-order valence-corrected chi connectivity index (χ1v) is 20.3. The quantitative estimate of drug-likeness (QED) is 0.170. The van der Waals surface area contributed by atoms with E-state index >= 15 is 0 Å². The van der Waals surface area contributed by atoms with Gasteiger partial charge >= 0.3 is 0 Å². The third-order valence-electron chi connectivity index (χ3n) is 10.5. The van der Waals surface area contributed by atoms with Crippen molar-refractivity contribution >= 4 is 63.0 Å². The summed E-state index contributed by atoms with van der Waals surface area (Å²) in [6.45, 7) is 0. The average Bonchev–Trinajstić information content (AvgIpc) is 3.85. The summed E-state index contributed by atoms with van der Waals surface area (Å²) < 4.78 is 4.99. The summed E-state index contributed by atoms with van der Waals surface area (Å²) in [6.07, 6.45) is 0. The molecule has 11 rings (SSSR count). The minimum atomic E-state index is 0.664. The monoisotopic (exact) mass is 749 g/mol. The molecule has 56 heavy (non-hydrogen) atoms. The van der Waals surface area contributed by atoms with Gasteiger partial charge in [0.1, 0.15) is 0 Å². The van der Waals surface area contributed by atoms with Crippen LogP contribution < -0.4 is 0 Å². The largest absolute Gasteiger partial charge is 0.208 e. The second-order valence-electron chi connectivity index (χ2n) is 14.0. The molecule has 0 radical (unpaired) electrons. The highest BCUT2D eigenvalue weighted by atomic mass is 32.1. The standard InChI is InChI=1S/C51H31N3S2/c1-4-14-32(15-5-1)35-20-12-21-37(28-35)43-29-38(31-46-47(43)41-22-10-11-25-44(41)55-46)36-26-27-39-40-23-13-24-42(48(40)56-45(39)30-36)51-53-49(33-16-6-2-7-17-33)52-50(54-51)34-18-8-3-9-19-34/h1-31H. The van der Waals surface area contributed by atoms with Crippen LogP contribution in [0.15, 0.2) is 188 Å². The van der Waals surface area contributed by atoms with Crippen molar-refractivity contribution in [2.24, 2.45) is 0 Å². The van der Waals surface area contributed by atoms with Gasteiger partial charge in [-0.1, -0.05) is 152 Å². The predicted molar refractivity (Wildman–Crippen MR) is 238 cm³/mol. The second kappa shape index (κ2) is 13.5. The van der Waals surface area contributed by atoms with Gasteiger partial charge in [-0.15, -0.1) is 22.7 Å². The summed E-state index contributed by atoms with van der Waals surface area (Å²) in [7, 11) is 0. The van der Waals surface area contributed by atoms with Crippen LogP contribution in [-0.4, -0.2) is 15.0 Å². The van der Waals surface area contributed by atoms with E-state index in [0.29, 0.717) is 17.5 Å². The van der Waals surface area contributed by atoms with Crippen LogP contribution in [0.1, 0.15) is 0 Å². The van der Waals surface area contributed by atoms with Crippen molar-refractivity contribution in [1.29, 1.82) is 0 Å². The molecule has 3 nitrogen and oxygen atoms in total. The molecule has 0 unspecified atom stereocenters. The lowest BCUT2D eigenvalue weighted by Crippen LogP contribution is -2.00. The fraction of sp³-hybridized carbons (Fsp3) is 0. The molecule has 0 aliphatic rings. The lowest BCUT2D eigenvalue weighted by Gasteiger charge is -2.11. The van der Waals surface area contributed by atoms with Crippen LogP contribution in [0.5, 0.6) is 0 Å². The van der Waals surface area contributed by atoms with Gasteiger partial charge in [-0.3, -0.25) is 0 Å². The summed E-state index contributed by atoms with van der Waals surface area (Å²) in [6, 6.07) is 66.9. The summed E-state index contributed by atoms with van der Waals surface area (Å²) >= 11 is 3.67. The van der Waals surface area contributed by atoms with E-state index in [1.807, 2.05) is 47.7 Å². The van der Waals surface area contributed by atoms with Gasteiger partial charge in [0.05, 0.1) is 0 Å². The van der Waals surface area contributed by atoms with Crippen molar-refractivity contribution in [2.75, 3.05) is 0 Å². The van der Waals surface area contributed by atoms with Crippen LogP contribution in [0.25, 0.3) is 108 Å². The number of rotatable bonds is 6. The van der Waals surface area contributed by atoms with Crippen LogP contribution in [0.3, 0.4) is 0 Å². The highest BCUT2D eigenvalue weighted by molar-refractivity contribution is 7.26. The smallest absolute Gasteiger partial charge is 0.165 e. The Kier molecular flexibility index (Phi) is 7.87. The molecular formula is C51H31N3S2. The van der Waals surface area contributed by atoms with Crippen LogP contribution in [0, 0.1) is 0 Å². The van der Waals surface area contributed by atoms with Gasteiger partial charge in [0.15, 0.2) is 17.5 Å². The summed E-state index contributed by atoms with van der Waals surface area (Å²) in [5.41, 5.74) is 10.2. The van der Waals surface area contributed by atoms with Crippen molar-refractivity contribution in [1.82, 2.24) is 15.0 Å². The number of benzene rings is 8. The van der Waals surface area contributed by atoms with E-state index in [0.717, 1.165) is 16.7 Å². The Balaban J connectivity index is 1.07. The molecule has 0 saturated heterocycles. The van der Waals surface area contributed by atoms with Crippen molar-refractivity contribution < 1.29 is 0 Å². The second-order valence-corrected chi connectivity index (χ2v) is 16.1. The molecule has 5 heteroatoms. The first-order chi connectivity index (χ1) is 27.7. The van der Waals surface area contributed by atoms with Gasteiger partial charge in [0.25, 0.3) is 0 Å². The average molecular weight is 750 g/mol. The lowest BCUT2D eigenvalue weighted by atomic mass is 9.92. The van der Waals surface area contributed by atoms with Crippen LogP contribution in [0.4, 0.5) is 0 Å². The highest BCUT2D eigenvalue weighted by Crippen LogP contribution is 2.45. The van der Waals surface area contributed by atoms with Gasteiger partial charge in [0.2, 0.25) is 0 Å². The number of hydrogen-bond donors (Lipinski definition) is 0. The van der Waals surface area contributed by atoms with Crippen LogP contribution in [-0.2, 0) is 0 Å². The molecule has 0 bridgehead atoms. The predicted octanol–water partition coefficient (Wildman–Crippen LogP) is 14.6. The SMILES string of the molecule is c1ccc(-c2cccc(-c3cc(-c4ccc5c(c4)sc4c(-c6nc(-c7ccccc7)nc(-c7ccccc7)n6)cccc45)cc4sc5ccccc5c34)c2)cc1. The number of thiophene rings is 2. The summed E-state index contributed by atoms with van der Waals surface area (Å²) in [5.74, 6) is 2.00. The minimum absolute atomic E-state index is 0.664. The Labute approximate surface area is 331 Å². The zero-order chi connectivity index (χ0) is 37.0. The van der Waals surface area contributed by atoms with E-state index in [9.17, 15) is 0 Å². The van der Waals surface area contributed by atoms with E-state index in [-0.39, 0.29) is 0 Å². The lowest BCUT2D eigenvalue weighted by molar-refractivity contribution is 1.08. The number of nitrogens with zero attached hydrogens (tertiary/aromatic N) is 3. The topological polar surface area (TPSA) is 38.7 Å². The highest BCUT2D eigenvalue weighted by Gasteiger charge is 2.18. The van der Waals surface area contributed by atoms with E-state index in [1.165, 1.54) is 73.7 Å². The minimum Gasteiger partial charge on any atom is -0.208 e. The maximum absolute atomic E-state index is 5.08. The molecule has 11 aromatic rings. The van der Waals surface area contributed by atoms with E-state index in [2.05, 4.69) is 152 Å². The Morgan fingerprint density at radius 2 is 0.857 bits per heavy atom. The summed E-state index contributed by atoms with van der Waals surface area (Å²) in [5, 5.41) is 5.05. The van der Waals surface area contributed by atoms with E-state index in [4.69, 9.17) is 15.0 Å². The molecule has 3 aromatic heterocycles. The molecule has 0 aliphatic heterocycles. The van der Waals surface area contributed by atoms with E-state index < -0.39 is 0 Å². The third kappa shape index (κ3) is 5.68. The molecule has 0 aliphatic carbocycles. The number of hydrogen-bond acceptors (Lipinski definition) is 5. The fourth-order valence-corrected chi connectivity index (χ4v) is 10.3. The van der Waals surface area contributed by atoms with Crippen molar-refractivity contribution in [2.45, 2.75) is 0 Å². The molecule has 0 spiro atoms. The maximum atomic E-state index is 5.08. The molecule has 0 N–H and O–H groups in total. The maximum Gasteiger partial charge on any atom is 0.165 e. The molecule has 3 heterocycles. The van der Waals surface area contributed by atoms with Crippen LogP contribution >= 0.6 is 22.7 Å². The van der Waals surface area contributed by atoms with Crippen LogP contribution in [0.2, 0.25) is 0 Å². The Bertz CT molecular complexity index is 3180. The molecule has 0 saturated carbocycles. The molecule has 262 valence electrons. The number of fused-ring (bicyclic) bond motifs is 6. The van der Waals surface area contributed by atoms with Gasteiger partial charge < -0.3 is 0 Å². The Morgan fingerprint density at radius 1 is 0.286 bits per heavy atom. The molecule has 0 atom stereocenters. The first-order valence-electron chi connectivity index (χ1n) is 18.7. The van der Waals surface area contributed by atoms with Crippen molar-refractivity contribution in [3.63, 3.8) is 0 Å². The zero-order valence-electron chi connectivity index (χ0n) is 30.1. The van der Waals surface area contributed by atoms with Gasteiger partial charge in [-0.2, -0.15) is 0 Å². The first kappa shape index (κ1) is 32.6. The fourth-order valence-electron chi connectivity index (χ4n) is 7.83. The molecule has 0 amide bonds. The number of aromatic nitrogens is 3. The molecule has 0 fully saturated rings.